The zero-order valence-electron chi connectivity index (χ0n) is 7.36. The Labute approximate surface area is 72.3 Å². The fourth-order valence-corrected chi connectivity index (χ4v) is 1.57. The van der Waals surface area contributed by atoms with E-state index in [-0.39, 0.29) is 0 Å². The second-order valence-corrected chi connectivity index (χ2v) is 3.31. The molecule has 0 radical (unpaired) electrons. The number of rotatable bonds is 1. The lowest BCUT2D eigenvalue weighted by Gasteiger charge is -2.22. The molecule has 1 aromatic rings. The van der Waals surface area contributed by atoms with Crippen molar-refractivity contribution in [1.29, 1.82) is 0 Å². The Bertz CT molecular complexity index is 251. The Kier molecular flexibility index (Phi) is 2.13. The molecule has 1 fully saturated rings. The zero-order valence-corrected chi connectivity index (χ0v) is 7.36. The molecule has 1 unspecified atom stereocenters. The molecule has 1 atom stereocenters. The highest BCUT2D eigenvalue weighted by Crippen LogP contribution is 2.18. The van der Waals surface area contributed by atoms with E-state index in [0.29, 0.717) is 6.04 Å². The van der Waals surface area contributed by atoms with Crippen LogP contribution in [-0.4, -0.2) is 23.0 Å². The molecule has 1 aromatic heterocycles. The molecule has 2 heterocycles. The van der Waals surface area contributed by atoms with Crippen molar-refractivity contribution in [3.63, 3.8) is 0 Å². The van der Waals surface area contributed by atoms with Crippen LogP contribution < -0.4 is 0 Å². The summed E-state index contributed by atoms with van der Waals surface area (Å²) < 4.78 is 7.41. The molecule has 12 heavy (non-hydrogen) atoms. The Hall–Kier alpha value is -0.830. The molecule has 0 N–H and O–H groups in total. The average molecular weight is 166 g/mol. The van der Waals surface area contributed by atoms with Crippen LogP contribution >= 0.6 is 0 Å². The summed E-state index contributed by atoms with van der Waals surface area (Å²) in [5.41, 5.74) is 1.08. The van der Waals surface area contributed by atoms with Crippen molar-refractivity contribution in [2.24, 2.45) is 0 Å². The molecule has 3 nitrogen and oxygen atoms in total. The van der Waals surface area contributed by atoms with Crippen LogP contribution in [0, 0.1) is 6.92 Å². The first kappa shape index (κ1) is 7.80. The van der Waals surface area contributed by atoms with Gasteiger partial charge in [0.25, 0.3) is 0 Å². The van der Waals surface area contributed by atoms with Gasteiger partial charge in [0.15, 0.2) is 0 Å². The van der Waals surface area contributed by atoms with Gasteiger partial charge in [-0.1, -0.05) is 0 Å². The van der Waals surface area contributed by atoms with Crippen molar-refractivity contribution in [3.8, 4) is 0 Å². The highest BCUT2D eigenvalue weighted by molar-refractivity contribution is 4.96. The number of aromatic nitrogens is 2. The van der Waals surface area contributed by atoms with E-state index in [1.165, 1.54) is 6.42 Å². The van der Waals surface area contributed by atoms with Gasteiger partial charge in [0.2, 0.25) is 0 Å². The Morgan fingerprint density at radius 2 is 2.58 bits per heavy atom. The van der Waals surface area contributed by atoms with E-state index < -0.39 is 0 Å². The summed E-state index contributed by atoms with van der Waals surface area (Å²) in [6.45, 7) is 3.75. The SMILES string of the molecule is Cc1ccn(C2CCCOC2)n1. The third-order valence-electron chi connectivity index (χ3n) is 2.25. The number of hydrogen-bond donors (Lipinski definition) is 0. The molecule has 1 saturated heterocycles. The van der Waals surface area contributed by atoms with Gasteiger partial charge in [0.05, 0.1) is 18.3 Å². The van der Waals surface area contributed by atoms with Crippen LogP contribution in [0.5, 0.6) is 0 Å². The van der Waals surface area contributed by atoms with Crippen LogP contribution in [0.4, 0.5) is 0 Å². The van der Waals surface area contributed by atoms with E-state index in [1.54, 1.807) is 0 Å². The van der Waals surface area contributed by atoms with Gasteiger partial charge in [0, 0.05) is 12.8 Å². The summed E-state index contributed by atoms with van der Waals surface area (Å²) in [5, 5.41) is 4.37. The molecular formula is C9H14N2O. The second kappa shape index (κ2) is 3.27. The highest BCUT2D eigenvalue weighted by atomic mass is 16.5. The summed E-state index contributed by atoms with van der Waals surface area (Å²) in [6.07, 6.45) is 4.39. The third kappa shape index (κ3) is 1.50. The van der Waals surface area contributed by atoms with Crippen LogP contribution in [-0.2, 0) is 4.74 Å². The van der Waals surface area contributed by atoms with Gasteiger partial charge in [-0.3, -0.25) is 4.68 Å². The van der Waals surface area contributed by atoms with Gasteiger partial charge in [-0.25, -0.2) is 0 Å². The minimum atomic E-state index is 0.465. The lowest BCUT2D eigenvalue weighted by molar-refractivity contribution is 0.0548. The molecule has 1 aliphatic rings. The molecular weight excluding hydrogens is 152 g/mol. The molecule has 3 heteroatoms. The Morgan fingerprint density at radius 1 is 1.67 bits per heavy atom. The summed E-state index contributed by atoms with van der Waals surface area (Å²) in [5.74, 6) is 0. The smallest absolute Gasteiger partial charge is 0.0753 e. The van der Waals surface area contributed by atoms with Gasteiger partial charge in [0.1, 0.15) is 0 Å². The first-order chi connectivity index (χ1) is 5.86. The lowest BCUT2D eigenvalue weighted by Crippen LogP contribution is -2.21. The van der Waals surface area contributed by atoms with Crippen molar-refractivity contribution < 1.29 is 4.74 Å². The Morgan fingerprint density at radius 3 is 3.17 bits per heavy atom. The molecule has 0 aromatic carbocycles. The van der Waals surface area contributed by atoms with Crippen LogP contribution in [0.15, 0.2) is 12.3 Å². The van der Waals surface area contributed by atoms with E-state index >= 15 is 0 Å². The van der Waals surface area contributed by atoms with Crippen molar-refractivity contribution >= 4 is 0 Å². The van der Waals surface area contributed by atoms with E-state index in [4.69, 9.17) is 4.74 Å². The fraction of sp³-hybridized carbons (Fsp3) is 0.667. The predicted octanol–water partition coefficient (Wildman–Crippen LogP) is 1.54. The minimum Gasteiger partial charge on any atom is -0.379 e. The highest BCUT2D eigenvalue weighted by Gasteiger charge is 2.15. The molecule has 0 spiro atoms. The van der Waals surface area contributed by atoms with Crippen molar-refractivity contribution in [3.05, 3.63) is 18.0 Å². The monoisotopic (exact) mass is 166 g/mol. The van der Waals surface area contributed by atoms with E-state index in [1.807, 2.05) is 23.9 Å². The van der Waals surface area contributed by atoms with Gasteiger partial charge < -0.3 is 4.74 Å². The normalized spacial score (nSPS) is 24.2. The van der Waals surface area contributed by atoms with Gasteiger partial charge in [-0.15, -0.1) is 0 Å². The molecule has 1 aliphatic heterocycles. The van der Waals surface area contributed by atoms with Gasteiger partial charge in [-0.2, -0.15) is 5.10 Å². The predicted molar refractivity (Wildman–Crippen MR) is 46.1 cm³/mol. The number of ether oxygens (including phenoxy) is 1. The van der Waals surface area contributed by atoms with Crippen LogP contribution in [0.3, 0.4) is 0 Å². The summed E-state index contributed by atoms with van der Waals surface area (Å²) in [7, 11) is 0. The van der Waals surface area contributed by atoms with E-state index in [0.717, 1.165) is 25.3 Å². The molecule has 0 saturated carbocycles. The molecule has 0 amide bonds. The molecule has 0 bridgehead atoms. The standard InChI is InChI=1S/C9H14N2O/c1-8-4-5-11(10-8)9-3-2-6-12-7-9/h4-5,9H,2-3,6-7H2,1H3. The van der Waals surface area contributed by atoms with Crippen LogP contribution in [0.2, 0.25) is 0 Å². The fourth-order valence-electron chi connectivity index (χ4n) is 1.57. The molecule has 66 valence electrons. The van der Waals surface area contributed by atoms with Crippen molar-refractivity contribution in [2.75, 3.05) is 13.2 Å². The maximum Gasteiger partial charge on any atom is 0.0753 e. The molecule has 0 aliphatic carbocycles. The summed E-state index contributed by atoms with van der Waals surface area (Å²) in [4.78, 5) is 0. The summed E-state index contributed by atoms with van der Waals surface area (Å²) >= 11 is 0. The quantitative estimate of drug-likeness (QED) is 0.632. The first-order valence-corrected chi connectivity index (χ1v) is 4.46. The third-order valence-corrected chi connectivity index (χ3v) is 2.25. The van der Waals surface area contributed by atoms with E-state index in [2.05, 4.69) is 5.10 Å². The minimum absolute atomic E-state index is 0.465. The second-order valence-electron chi connectivity index (χ2n) is 3.31. The average Bonchev–Trinajstić information content (AvgIpc) is 2.54. The first-order valence-electron chi connectivity index (χ1n) is 4.46. The molecule has 2 rings (SSSR count). The maximum atomic E-state index is 5.38. The van der Waals surface area contributed by atoms with Gasteiger partial charge in [-0.05, 0) is 25.8 Å². The van der Waals surface area contributed by atoms with Crippen molar-refractivity contribution in [1.82, 2.24) is 9.78 Å². The summed E-state index contributed by atoms with van der Waals surface area (Å²) in [6, 6.07) is 2.50. The topological polar surface area (TPSA) is 27.1 Å². The number of nitrogens with zero attached hydrogens (tertiary/aromatic N) is 2. The number of hydrogen-bond acceptors (Lipinski definition) is 2. The van der Waals surface area contributed by atoms with Crippen LogP contribution in [0.25, 0.3) is 0 Å². The Balaban J connectivity index is 2.08. The largest absolute Gasteiger partial charge is 0.379 e. The van der Waals surface area contributed by atoms with Crippen LogP contribution in [0.1, 0.15) is 24.6 Å². The van der Waals surface area contributed by atoms with Crippen molar-refractivity contribution in [2.45, 2.75) is 25.8 Å². The van der Waals surface area contributed by atoms with E-state index in [9.17, 15) is 0 Å². The lowest BCUT2D eigenvalue weighted by atomic mass is 10.1. The van der Waals surface area contributed by atoms with Gasteiger partial charge >= 0.3 is 0 Å². The maximum absolute atomic E-state index is 5.38. The number of aryl methyl sites for hydroxylation is 1. The zero-order chi connectivity index (χ0) is 8.39.